The Kier molecular flexibility index (Phi) is 18.9. The lowest BCUT2D eigenvalue weighted by atomic mass is 9.91. The average molecular weight is 1010 g/mol. The van der Waals surface area contributed by atoms with E-state index in [9.17, 15) is 54.2 Å². The summed E-state index contributed by atoms with van der Waals surface area (Å²) in [5.41, 5.74) is 4.42. The molecule has 0 aliphatic heterocycles. The molecule has 0 radical (unpaired) electrons. The van der Waals surface area contributed by atoms with Gasteiger partial charge in [-0.3, -0.25) is 9.59 Å². The minimum atomic E-state index is -4.96. The van der Waals surface area contributed by atoms with E-state index in [2.05, 4.69) is 28.4 Å². The van der Waals surface area contributed by atoms with Gasteiger partial charge < -0.3 is 21.5 Å². The van der Waals surface area contributed by atoms with E-state index in [0.717, 1.165) is 59.4 Å². The standard InChI is InChI=1S/C21H19ClF3NO.C16H13ClF3NO.C8H5ClF3NO.C5H6/c1-14-2-4-16(5-3-14)13-26-19-9-8-17(22)12-18(19)20(27,21(23,24)25)11-10-15-6-7-15;1-10-2-4-11(5-3-10)9-21-14-7-6-12(17)8-13(14)15(22)16(18,19)20;9-4-1-2-6(13)5(3-4)7(14)8(10,11)12;1-2-5-3-4-5/h2-5,8-9,12,15,26-27H,6-7,13H2,1H3;2-8,21H,9H2,1H3;1-3H,13H2;1,5H,3-4H2/t20-;;;/m0.../s1. The SMILES string of the molecule is C#CC1CC1.Cc1ccc(CNc2ccc(Cl)cc2C(=O)C(F)(F)F)cc1.Cc1ccc(CNc2ccc(Cl)cc2[C@@](O)(C#CC2CC2)C(F)(F)F)cc1.Nc1ccc(Cl)cc1C(=O)C(F)(F)F. The fraction of sp³-hybridized carbons (Fsp3) is 0.280. The van der Waals surface area contributed by atoms with Crippen LogP contribution in [0.1, 0.15) is 74.2 Å². The number of nitrogens with one attached hydrogen (secondary N) is 2. The van der Waals surface area contributed by atoms with Gasteiger partial charge in [-0.05, 0) is 105 Å². The molecule has 7 rings (SSSR count). The number of alkyl halides is 9. The molecule has 360 valence electrons. The van der Waals surface area contributed by atoms with E-state index >= 15 is 0 Å². The number of nitrogens with two attached hydrogens (primary N) is 1. The van der Waals surface area contributed by atoms with Gasteiger partial charge in [0.2, 0.25) is 5.60 Å². The molecule has 0 saturated heterocycles. The molecule has 0 spiro atoms. The van der Waals surface area contributed by atoms with Crippen LogP contribution in [0.15, 0.2) is 103 Å². The van der Waals surface area contributed by atoms with Crippen molar-refractivity contribution in [3.63, 3.8) is 0 Å². The predicted molar refractivity (Wildman–Crippen MR) is 249 cm³/mol. The van der Waals surface area contributed by atoms with Crippen LogP contribution in [0, 0.1) is 49.9 Å². The maximum absolute atomic E-state index is 13.8. The third kappa shape index (κ3) is 16.7. The third-order valence-electron chi connectivity index (χ3n) is 9.84. The smallest absolute Gasteiger partial charge is 0.398 e. The van der Waals surface area contributed by atoms with Gasteiger partial charge in [-0.1, -0.05) is 106 Å². The Balaban J connectivity index is 0.000000220. The van der Waals surface area contributed by atoms with Gasteiger partial charge in [0.25, 0.3) is 11.6 Å². The predicted octanol–water partition coefficient (Wildman–Crippen LogP) is 14.1. The van der Waals surface area contributed by atoms with E-state index in [-0.39, 0.29) is 43.6 Å². The van der Waals surface area contributed by atoms with Crippen molar-refractivity contribution in [3.05, 3.63) is 157 Å². The van der Waals surface area contributed by atoms with Gasteiger partial charge >= 0.3 is 18.5 Å². The number of hydrogen-bond donors (Lipinski definition) is 4. The molecule has 0 bridgehead atoms. The number of carbonyl (C=O) groups excluding carboxylic acids is 2. The molecule has 6 nitrogen and oxygen atoms in total. The monoisotopic (exact) mass is 1010 g/mol. The first-order valence-electron chi connectivity index (χ1n) is 20.5. The van der Waals surface area contributed by atoms with E-state index < -0.39 is 46.8 Å². The first-order chi connectivity index (χ1) is 31.7. The van der Waals surface area contributed by atoms with Crippen molar-refractivity contribution in [1.29, 1.82) is 0 Å². The van der Waals surface area contributed by atoms with Gasteiger partial charge in [0, 0.05) is 62.6 Å². The first kappa shape index (κ1) is 54.8. The lowest BCUT2D eigenvalue weighted by Crippen LogP contribution is -2.41. The fourth-order valence-corrected chi connectivity index (χ4v) is 6.16. The molecule has 0 heterocycles. The quantitative estimate of drug-likeness (QED) is 0.0508. The van der Waals surface area contributed by atoms with Gasteiger partial charge in [0.15, 0.2) is 0 Å². The number of aliphatic hydroxyl groups is 1. The number of nitrogen functional groups attached to an aromatic ring is 1. The van der Waals surface area contributed by atoms with Gasteiger partial charge in [-0.15, -0.1) is 12.3 Å². The summed E-state index contributed by atoms with van der Waals surface area (Å²) >= 11 is 17.1. The van der Waals surface area contributed by atoms with Crippen LogP contribution in [-0.2, 0) is 18.7 Å². The molecule has 2 aliphatic carbocycles. The Morgan fingerprint density at radius 2 is 1.04 bits per heavy atom. The van der Waals surface area contributed by atoms with Crippen LogP contribution in [0.3, 0.4) is 0 Å². The number of ketones is 2. The van der Waals surface area contributed by atoms with Crippen molar-refractivity contribution in [1.82, 2.24) is 0 Å². The third-order valence-corrected chi connectivity index (χ3v) is 10.5. The zero-order valence-corrected chi connectivity index (χ0v) is 38.4. The lowest BCUT2D eigenvalue weighted by Gasteiger charge is -2.28. The normalized spacial score (nSPS) is 14.0. The Bertz CT molecular complexity index is 2650. The number of benzene rings is 5. The summed E-state index contributed by atoms with van der Waals surface area (Å²) in [5, 5.41) is 16.6. The molecule has 1 atom stereocenters. The molecule has 5 N–H and O–H groups in total. The number of terminal acetylenes is 1. The highest BCUT2D eigenvalue weighted by molar-refractivity contribution is 6.31. The van der Waals surface area contributed by atoms with Crippen LogP contribution in [0.2, 0.25) is 15.1 Å². The number of aryl methyl sites for hydroxylation is 2. The summed E-state index contributed by atoms with van der Waals surface area (Å²) < 4.78 is 115. The van der Waals surface area contributed by atoms with Crippen molar-refractivity contribution in [2.75, 3.05) is 16.4 Å². The van der Waals surface area contributed by atoms with Gasteiger partial charge in [0.1, 0.15) is 0 Å². The highest BCUT2D eigenvalue weighted by Gasteiger charge is 2.55. The molecule has 5 aromatic carbocycles. The summed E-state index contributed by atoms with van der Waals surface area (Å²) in [5.74, 6) is 3.92. The zero-order valence-electron chi connectivity index (χ0n) is 36.2. The summed E-state index contributed by atoms with van der Waals surface area (Å²) in [6, 6.07) is 26.4. The molecule has 2 saturated carbocycles. The molecule has 0 unspecified atom stereocenters. The zero-order chi connectivity index (χ0) is 50.6. The van der Waals surface area contributed by atoms with Gasteiger partial charge in [0.05, 0.1) is 11.1 Å². The summed E-state index contributed by atoms with van der Waals surface area (Å²) in [7, 11) is 0. The van der Waals surface area contributed by atoms with Crippen LogP contribution < -0.4 is 16.4 Å². The lowest BCUT2D eigenvalue weighted by molar-refractivity contribution is -0.240. The number of rotatable bonds is 9. The summed E-state index contributed by atoms with van der Waals surface area (Å²) in [4.78, 5) is 22.2. The summed E-state index contributed by atoms with van der Waals surface area (Å²) in [6.07, 6.45) is -5.78. The van der Waals surface area contributed by atoms with E-state index in [1.807, 2.05) is 62.4 Å². The average Bonchev–Trinajstić information content (AvgIpc) is 4.22. The first-order valence-corrected chi connectivity index (χ1v) is 21.6. The molecule has 2 fully saturated rings. The fourth-order valence-electron chi connectivity index (χ4n) is 5.64. The molecule has 2 aliphatic rings. The second-order valence-corrected chi connectivity index (χ2v) is 16.9. The number of carbonyl (C=O) groups is 2. The van der Waals surface area contributed by atoms with Crippen molar-refractivity contribution in [2.45, 2.75) is 76.8 Å². The Labute approximate surface area is 402 Å². The highest BCUT2D eigenvalue weighted by Crippen LogP contribution is 2.43. The topological polar surface area (TPSA) is 104 Å². The van der Waals surface area contributed by atoms with Gasteiger partial charge in [-0.2, -0.15) is 39.5 Å². The Morgan fingerprint density at radius 3 is 1.47 bits per heavy atom. The van der Waals surface area contributed by atoms with Crippen LogP contribution in [0.25, 0.3) is 0 Å². The van der Waals surface area contributed by atoms with Crippen LogP contribution in [-0.4, -0.2) is 35.2 Å². The Morgan fingerprint density at radius 1 is 0.632 bits per heavy atom. The maximum atomic E-state index is 13.8. The van der Waals surface area contributed by atoms with Crippen molar-refractivity contribution in [3.8, 4) is 24.2 Å². The van der Waals surface area contributed by atoms with E-state index in [1.54, 1.807) is 0 Å². The number of anilines is 3. The van der Waals surface area contributed by atoms with E-state index in [0.29, 0.717) is 19.0 Å². The van der Waals surface area contributed by atoms with Gasteiger partial charge in [-0.25, -0.2) is 0 Å². The molecular formula is C50H43Cl3F9N3O3. The second-order valence-electron chi connectivity index (χ2n) is 15.6. The van der Waals surface area contributed by atoms with E-state index in [1.165, 1.54) is 43.2 Å². The summed E-state index contributed by atoms with van der Waals surface area (Å²) in [6.45, 7) is 4.51. The van der Waals surface area contributed by atoms with Crippen molar-refractivity contribution in [2.24, 2.45) is 11.8 Å². The molecular weight excluding hydrogens is 968 g/mol. The van der Waals surface area contributed by atoms with Crippen LogP contribution in [0.4, 0.5) is 56.6 Å². The Hall–Kier alpha value is -5.84. The second kappa shape index (κ2) is 23.4. The number of halogens is 12. The molecule has 18 heteroatoms. The molecule has 0 amide bonds. The van der Waals surface area contributed by atoms with E-state index in [4.69, 9.17) is 47.0 Å². The van der Waals surface area contributed by atoms with Crippen molar-refractivity contribution >= 4 is 63.4 Å². The number of Topliss-reactive ketones (excluding diaryl/α,β-unsaturated/α-hetero) is 2. The molecule has 5 aromatic rings. The largest absolute Gasteiger partial charge is 0.454 e. The minimum Gasteiger partial charge on any atom is -0.398 e. The molecule has 0 aromatic heterocycles. The minimum absolute atomic E-state index is 0.0341. The van der Waals surface area contributed by atoms with Crippen LogP contribution in [0.5, 0.6) is 0 Å². The highest BCUT2D eigenvalue weighted by atomic mass is 35.5. The number of hydrogen-bond acceptors (Lipinski definition) is 6. The van der Waals surface area contributed by atoms with Crippen molar-refractivity contribution < 1.29 is 54.2 Å². The van der Waals surface area contributed by atoms with Crippen LogP contribution >= 0.6 is 34.8 Å². The molecule has 68 heavy (non-hydrogen) atoms. The maximum Gasteiger partial charge on any atom is 0.454 e.